The lowest BCUT2D eigenvalue weighted by molar-refractivity contribution is -0.137. The highest BCUT2D eigenvalue weighted by molar-refractivity contribution is 7.88. The predicted octanol–water partition coefficient (Wildman–Crippen LogP) is 0.109. The van der Waals surface area contributed by atoms with Crippen molar-refractivity contribution in [2.24, 2.45) is 7.05 Å². The number of benzene rings is 1. The summed E-state index contributed by atoms with van der Waals surface area (Å²) in [5.74, 6) is -1.04. The Morgan fingerprint density at radius 2 is 1.96 bits per heavy atom. The summed E-state index contributed by atoms with van der Waals surface area (Å²) in [6.45, 7) is 0. The summed E-state index contributed by atoms with van der Waals surface area (Å²) in [4.78, 5) is 14.3. The Hall–Kier alpha value is -2.71. The summed E-state index contributed by atoms with van der Waals surface area (Å²) in [6, 6.07) is 1.57. The zero-order chi connectivity index (χ0) is 20.1. The molecule has 1 amide bonds. The van der Waals surface area contributed by atoms with Crippen LogP contribution in [0.3, 0.4) is 0 Å². The molecule has 146 valence electrons. The third-order valence-electron chi connectivity index (χ3n) is 3.58. The lowest BCUT2D eigenvalue weighted by Gasteiger charge is -2.34. The van der Waals surface area contributed by atoms with Gasteiger partial charge >= 0.3 is 6.18 Å². The number of halogens is 3. The number of hydrazine groups is 1. The van der Waals surface area contributed by atoms with Crippen molar-refractivity contribution in [3.8, 4) is 11.3 Å². The molecule has 0 aliphatic carbocycles. The third kappa shape index (κ3) is 3.72. The second kappa shape index (κ2) is 6.17. The zero-order valence-corrected chi connectivity index (χ0v) is 14.6. The van der Waals surface area contributed by atoms with Gasteiger partial charge in [-0.25, -0.2) is 13.4 Å². The number of aromatic nitrogens is 3. The topological polar surface area (TPSA) is 129 Å². The van der Waals surface area contributed by atoms with Gasteiger partial charge < -0.3 is 10.4 Å². The van der Waals surface area contributed by atoms with Gasteiger partial charge in [0.2, 0.25) is 16.4 Å². The first-order chi connectivity index (χ1) is 12.4. The molecule has 2 heterocycles. The number of amides is 1. The highest BCUT2D eigenvalue weighted by Crippen LogP contribution is 2.40. The lowest BCUT2D eigenvalue weighted by Crippen LogP contribution is -2.57. The summed E-state index contributed by atoms with van der Waals surface area (Å²) in [7, 11) is -2.47. The predicted molar refractivity (Wildman–Crippen MR) is 85.2 cm³/mol. The van der Waals surface area contributed by atoms with Crippen molar-refractivity contribution in [1.82, 2.24) is 24.8 Å². The van der Waals surface area contributed by atoms with Gasteiger partial charge in [0.15, 0.2) is 0 Å². The molecule has 27 heavy (non-hydrogen) atoms. The molecule has 0 fully saturated rings. The second-order valence-electron chi connectivity index (χ2n) is 5.78. The van der Waals surface area contributed by atoms with E-state index in [-0.39, 0.29) is 16.9 Å². The van der Waals surface area contributed by atoms with Crippen molar-refractivity contribution in [3.63, 3.8) is 0 Å². The number of anilines is 1. The van der Waals surface area contributed by atoms with E-state index < -0.39 is 39.6 Å². The Morgan fingerprint density at radius 1 is 1.30 bits per heavy atom. The van der Waals surface area contributed by atoms with Crippen LogP contribution in [-0.4, -0.2) is 52.0 Å². The number of carbonyl (C=O) groups is 1. The Balaban J connectivity index is 2.17. The minimum Gasteiger partial charge on any atom is -0.355 e. The Labute approximate surface area is 150 Å². The summed E-state index contributed by atoms with van der Waals surface area (Å²) in [5, 5.41) is 19.7. The standard InChI is InChI=1S/C13H13F3N6O4S/c1-21-5-10(18-19-21)6-3-7-9(4-8(6)13(14,15)16)17-12(24)22(11(7)23)20-27(2,25)26/h3-5,12,17,20,24H,1-2H3. The monoisotopic (exact) mass is 406 g/mol. The number of aliphatic hydroxyl groups is 1. The number of carbonyl (C=O) groups excluding carboxylic acids is 1. The number of hydrogen-bond donors (Lipinski definition) is 3. The maximum atomic E-state index is 13.5. The molecule has 3 rings (SSSR count). The summed E-state index contributed by atoms with van der Waals surface area (Å²) in [6.07, 6.45) is -4.69. The molecule has 0 radical (unpaired) electrons. The molecule has 10 nitrogen and oxygen atoms in total. The van der Waals surface area contributed by atoms with Crippen LogP contribution in [0.5, 0.6) is 0 Å². The van der Waals surface area contributed by atoms with Gasteiger partial charge in [-0.05, 0) is 12.1 Å². The van der Waals surface area contributed by atoms with Crippen LogP contribution in [0.2, 0.25) is 0 Å². The average Bonchev–Trinajstić information content (AvgIpc) is 2.95. The molecule has 14 heteroatoms. The van der Waals surface area contributed by atoms with Gasteiger partial charge in [0.25, 0.3) is 5.91 Å². The number of sulfonamides is 1. The zero-order valence-electron chi connectivity index (χ0n) is 13.8. The molecule has 3 N–H and O–H groups in total. The molecule has 1 unspecified atom stereocenters. The summed E-state index contributed by atoms with van der Waals surface area (Å²) < 4.78 is 64.3. The van der Waals surface area contributed by atoms with Crippen molar-refractivity contribution in [1.29, 1.82) is 0 Å². The van der Waals surface area contributed by atoms with E-state index >= 15 is 0 Å². The molecule has 0 spiro atoms. The van der Waals surface area contributed by atoms with E-state index in [2.05, 4.69) is 15.6 Å². The van der Waals surface area contributed by atoms with E-state index in [4.69, 9.17) is 0 Å². The van der Waals surface area contributed by atoms with Crippen molar-refractivity contribution in [3.05, 3.63) is 29.5 Å². The van der Waals surface area contributed by atoms with Crippen molar-refractivity contribution >= 4 is 21.6 Å². The number of fused-ring (bicyclic) bond motifs is 1. The van der Waals surface area contributed by atoms with Gasteiger partial charge in [-0.1, -0.05) is 5.21 Å². The second-order valence-corrected chi connectivity index (χ2v) is 7.50. The Kier molecular flexibility index (Phi) is 4.36. The molecule has 1 aliphatic heterocycles. The minimum atomic E-state index is -4.78. The number of aliphatic hydroxyl groups excluding tert-OH is 1. The van der Waals surface area contributed by atoms with Crippen LogP contribution >= 0.6 is 0 Å². The Morgan fingerprint density at radius 3 is 2.48 bits per heavy atom. The van der Waals surface area contributed by atoms with Crippen molar-refractivity contribution in [2.75, 3.05) is 11.6 Å². The normalized spacial score (nSPS) is 17.6. The average molecular weight is 406 g/mol. The molecule has 0 saturated heterocycles. The summed E-state index contributed by atoms with van der Waals surface area (Å²) >= 11 is 0. The van der Waals surface area contributed by atoms with E-state index in [1.807, 2.05) is 0 Å². The molecular weight excluding hydrogens is 393 g/mol. The van der Waals surface area contributed by atoms with Crippen LogP contribution in [0, 0.1) is 0 Å². The highest BCUT2D eigenvalue weighted by atomic mass is 32.2. The van der Waals surface area contributed by atoms with Gasteiger partial charge in [0.1, 0.15) is 5.69 Å². The van der Waals surface area contributed by atoms with E-state index in [0.29, 0.717) is 11.1 Å². The van der Waals surface area contributed by atoms with E-state index in [1.54, 1.807) is 4.83 Å². The van der Waals surface area contributed by atoms with Crippen LogP contribution in [0.4, 0.5) is 18.9 Å². The fourth-order valence-corrected chi connectivity index (χ4v) is 3.07. The van der Waals surface area contributed by atoms with Crippen LogP contribution in [0.1, 0.15) is 15.9 Å². The Bertz CT molecular complexity index is 1020. The van der Waals surface area contributed by atoms with Gasteiger partial charge in [0, 0.05) is 12.6 Å². The lowest BCUT2D eigenvalue weighted by atomic mass is 9.97. The van der Waals surface area contributed by atoms with Crippen molar-refractivity contribution in [2.45, 2.75) is 12.5 Å². The van der Waals surface area contributed by atoms with E-state index in [1.165, 1.54) is 17.9 Å². The van der Waals surface area contributed by atoms with Gasteiger partial charge in [-0.2, -0.15) is 13.2 Å². The molecule has 1 aromatic heterocycles. The van der Waals surface area contributed by atoms with Crippen LogP contribution in [-0.2, 0) is 23.2 Å². The fraction of sp³-hybridized carbons (Fsp3) is 0.308. The molecule has 1 atom stereocenters. The van der Waals surface area contributed by atoms with Gasteiger partial charge in [-0.15, -0.1) is 9.93 Å². The number of alkyl halides is 3. The van der Waals surface area contributed by atoms with Crippen molar-refractivity contribution < 1.29 is 31.5 Å². The maximum absolute atomic E-state index is 13.5. The largest absolute Gasteiger partial charge is 0.417 e. The number of nitrogens with one attached hydrogen (secondary N) is 2. The van der Waals surface area contributed by atoms with Crippen LogP contribution in [0.25, 0.3) is 11.3 Å². The maximum Gasteiger partial charge on any atom is 0.417 e. The number of rotatable bonds is 3. The molecule has 1 aliphatic rings. The first kappa shape index (κ1) is 19.1. The van der Waals surface area contributed by atoms with Crippen LogP contribution < -0.4 is 10.1 Å². The van der Waals surface area contributed by atoms with Gasteiger partial charge in [0.05, 0.1) is 29.3 Å². The third-order valence-corrected chi connectivity index (χ3v) is 4.11. The van der Waals surface area contributed by atoms with Gasteiger partial charge in [-0.3, -0.25) is 9.48 Å². The molecule has 0 bridgehead atoms. The first-order valence-electron chi connectivity index (χ1n) is 7.24. The number of hydrogen-bond acceptors (Lipinski definition) is 7. The molecule has 1 aromatic carbocycles. The molecule has 2 aromatic rings. The highest BCUT2D eigenvalue weighted by Gasteiger charge is 2.39. The quantitative estimate of drug-likeness (QED) is 0.660. The number of aryl methyl sites for hydroxylation is 1. The first-order valence-corrected chi connectivity index (χ1v) is 9.13. The summed E-state index contributed by atoms with van der Waals surface area (Å²) in [5.41, 5.74) is -2.24. The van der Waals surface area contributed by atoms with E-state index in [9.17, 15) is 31.5 Å². The number of nitrogens with zero attached hydrogens (tertiary/aromatic N) is 4. The van der Waals surface area contributed by atoms with E-state index in [0.717, 1.165) is 12.3 Å². The smallest absolute Gasteiger partial charge is 0.355 e. The fourth-order valence-electron chi connectivity index (χ4n) is 2.53. The molecule has 0 saturated carbocycles. The SMILES string of the molecule is Cn1cc(-c2cc3c(cc2C(F)(F)F)NC(O)N(NS(C)(=O)=O)C3=O)nn1. The molecular formula is C13H13F3N6O4S. The van der Waals surface area contributed by atoms with Crippen LogP contribution in [0.15, 0.2) is 18.3 Å². The minimum absolute atomic E-state index is 0.130.